The third kappa shape index (κ3) is 2.15. The molecule has 3 nitrogen and oxygen atoms in total. The molecule has 1 fully saturated rings. The van der Waals surface area contributed by atoms with Crippen LogP contribution in [0, 0.1) is 0 Å². The number of hydrogen-bond acceptors (Lipinski definition) is 3. The van der Waals surface area contributed by atoms with Crippen LogP contribution < -0.4 is 5.32 Å². The lowest BCUT2D eigenvalue weighted by Crippen LogP contribution is -2.56. The molecule has 3 heteroatoms. The quantitative estimate of drug-likeness (QED) is 0.599. The predicted octanol–water partition coefficient (Wildman–Crippen LogP) is -0.201. The van der Waals surface area contributed by atoms with Crippen molar-refractivity contribution in [2.24, 2.45) is 0 Å². The Bertz CT molecular complexity index is 116. The van der Waals surface area contributed by atoms with E-state index in [1.54, 1.807) is 0 Å². The highest BCUT2D eigenvalue weighted by molar-refractivity contribution is 4.76. The fourth-order valence-electron chi connectivity index (χ4n) is 1.53. The van der Waals surface area contributed by atoms with E-state index in [9.17, 15) is 0 Å². The predicted molar refractivity (Wildman–Crippen MR) is 47.6 cm³/mol. The minimum Gasteiger partial charge on any atom is -0.304 e. The molecule has 1 rings (SSSR count). The van der Waals surface area contributed by atoms with Gasteiger partial charge in [0, 0.05) is 19.6 Å². The van der Waals surface area contributed by atoms with E-state index in [0.29, 0.717) is 6.17 Å². The van der Waals surface area contributed by atoms with Crippen molar-refractivity contribution in [3.8, 4) is 0 Å². The third-order valence-electron chi connectivity index (χ3n) is 2.51. The molecule has 0 bridgehead atoms. The summed E-state index contributed by atoms with van der Waals surface area (Å²) in [4.78, 5) is 4.84. The van der Waals surface area contributed by atoms with Crippen LogP contribution in [0.3, 0.4) is 0 Å². The summed E-state index contributed by atoms with van der Waals surface area (Å²) < 4.78 is 0. The Labute approximate surface area is 69.4 Å². The summed E-state index contributed by atoms with van der Waals surface area (Å²) in [5.74, 6) is 0. The topological polar surface area (TPSA) is 18.5 Å². The van der Waals surface area contributed by atoms with Crippen molar-refractivity contribution in [2.75, 3.05) is 40.3 Å². The summed E-state index contributed by atoms with van der Waals surface area (Å²) in [6.07, 6.45) is 0.545. The molecule has 1 N–H and O–H groups in total. The Morgan fingerprint density at radius 1 is 1.45 bits per heavy atom. The zero-order valence-corrected chi connectivity index (χ0v) is 7.80. The molecule has 11 heavy (non-hydrogen) atoms. The molecular weight excluding hydrogens is 138 g/mol. The monoisotopic (exact) mass is 157 g/mol. The van der Waals surface area contributed by atoms with Gasteiger partial charge in [-0.2, -0.15) is 0 Å². The zero-order chi connectivity index (χ0) is 8.27. The van der Waals surface area contributed by atoms with Crippen LogP contribution >= 0.6 is 0 Å². The maximum absolute atomic E-state index is 3.30. The first kappa shape index (κ1) is 8.97. The summed E-state index contributed by atoms with van der Waals surface area (Å²) in [7, 11) is 4.20. The minimum absolute atomic E-state index is 0.545. The lowest BCUT2D eigenvalue weighted by Gasteiger charge is -2.38. The Hall–Kier alpha value is -0.120. The third-order valence-corrected chi connectivity index (χ3v) is 2.51. The number of hydrogen-bond donors (Lipinski definition) is 1. The SMILES string of the molecule is CCN1CCN(C)C(NC)C1. The lowest BCUT2D eigenvalue weighted by atomic mass is 10.3. The van der Waals surface area contributed by atoms with Gasteiger partial charge >= 0.3 is 0 Å². The number of piperazine rings is 1. The van der Waals surface area contributed by atoms with Gasteiger partial charge in [-0.25, -0.2) is 0 Å². The van der Waals surface area contributed by atoms with E-state index in [1.807, 2.05) is 7.05 Å². The van der Waals surface area contributed by atoms with Gasteiger partial charge in [0.15, 0.2) is 0 Å². The second-order valence-electron chi connectivity index (χ2n) is 3.18. The highest BCUT2D eigenvalue weighted by Crippen LogP contribution is 2.03. The van der Waals surface area contributed by atoms with Gasteiger partial charge < -0.3 is 5.32 Å². The van der Waals surface area contributed by atoms with Crippen molar-refractivity contribution in [1.29, 1.82) is 0 Å². The molecule has 1 heterocycles. The van der Waals surface area contributed by atoms with Crippen LogP contribution in [0.2, 0.25) is 0 Å². The highest BCUT2D eigenvalue weighted by atomic mass is 15.3. The number of nitrogens with one attached hydrogen (secondary N) is 1. The van der Waals surface area contributed by atoms with Crippen LogP contribution in [0.25, 0.3) is 0 Å². The van der Waals surface area contributed by atoms with Crippen LogP contribution in [0.1, 0.15) is 6.92 Å². The molecule has 0 amide bonds. The Morgan fingerprint density at radius 3 is 2.73 bits per heavy atom. The molecule has 1 atom stereocenters. The van der Waals surface area contributed by atoms with Crippen molar-refractivity contribution in [3.63, 3.8) is 0 Å². The maximum atomic E-state index is 3.30. The molecule has 0 spiro atoms. The second kappa shape index (κ2) is 4.04. The van der Waals surface area contributed by atoms with E-state index in [4.69, 9.17) is 0 Å². The summed E-state index contributed by atoms with van der Waals surface area (Å²) in [5.41, 5.74) is 0. The molecule has 1 saturated heterocycles. The average Bonchev–Trinajstić information content (AvgIpc) is 2.05. The second-order valence-corrected chi connectivity index (χ2v) is 3.18. The average molecular weight is 157 g/mol. The fourth-order valence-corrected chi connectivity index (χ4v) is 1.53. The van der Waals surface area contributed by atoms with Gasteiger partial charge in [0.1, 0.15) is 0 Å². The summed E-state index contributed by atoms with van der Waals surface area (Å²) >= 11 is 0. The molecule has 0 radical (unpaired) electrons. The van der Waals surface area contributed by atoms with Gasteiger partial charge in [0.05, 0.1) is 6.17 Å². The molecule has 1 aliphatic heterocycles. The Kier molecular flexibility index (Phi) is 3.30. The van der Waals surface area contributed by atoms with E-state index in [1.165, 1.54) is 19.6 Å². The van der Waals surface area contributed by atoms with E-state index in [0.717, 1.165) is 6.54 Å². The molecule has 0 aromatic rings. The van der Waals surface area contributed by atoms with Gasteiger partial charge in [-0.1, -0.05) is 6.92 Å². The van der Waals surface area contributed by atoms with Crippen LogP contribution in [0.4, 0.5) is 0 Å². The number of rotatable bonds is 2. The normalized spacial score (nSPS) is 29.2. The van der Waals surface area contributed by atoms with Gasteiger partial charge in [-0.05, 0) is 20.6 Å². The summed E-state index contributed by atoms with van der Waals surface area (Å²) in [6.45, 7) is 6.94. The van der Waals surface area contributed by atoms with E-state index in [-0.39, 0.29) is 0 Å². The number of nitrogens with zero attached hydrogens (tertiary/aromatic N) is 2. The first-order valence-corrected chi connectivity index (χ1v) is 4.37. The summed E-state index contributed by atoms with van der Waals surface area (Å²) in [6, 6.07) is 0. The van der Waals surface area contributed by atoms with Crippen LogP contribution in [-0.2, 0) is 0 Å². The smallest absolute Gasteiger partial charge is 0.0723 e. The number of likely N-dealkylation sites (N-methyl/N-ethyl adjacent to an activating group) is 3. The fraction of sp³-hybridized carbons (Fsp3) is 1.00. The highest BCUT2D eigenvalue weighted by Gasteiger charge is 2.20. The standard InChI is InChI=1S/C8H19N3/c1-4-11-6-5-10(3)8(7-11)9-2/h8-9H,4-7H2,1-3H3. The molecule has 1 unspecified atom stereocenters. The molecule has 0 saturated carbocycles. The van der Waals surface area contributed by atoms with Crippen molar-refractivity contribution in [1.82, 2.24) is 15.1 Å². The summed E-state index contributed by atoms with van der Waals surface area (Å²) in [5, 5.41) is 3.30. The minimum atomic E-state index is 0.545. The Balaban J connectivity index is 2.37. The van der Waals surface area contributed by atoms with Gasteiger partial charge in [-0.3, -0.25) is 9.80 Å². The largest absolute Gasteiger partial charge is 0.304 e. The van der Waals surface area contributed by atoms with E-state index < -0.39 is 0 Å². The first-order valence-electron chi connectivity index (χ1n) is 4.37. The van der Waals surface area contributed by atoms with Gasteiger partial charge in [0.25, 0.3) is 0 Å². The zero-order valence-electron chi connectivity index (χ0n) is 7.80. The molecular formula is C8H19N3. The van der Waals surface area contributed by atoms with Gasteiger partial charge in [0.2, 0.25) is 0 Å². The maximum Gasteiger partial charge on any atom is 0.0723 e. The molecule has 1 aliphatic rings. The molecule has 0 aliphatic carbocycles. The van der Waals surface area contributed by atoms with Crippen molar-refractivity contribution >= 4 is 0 Å². The van der Waals surface area contributed by atoms with Crippen LogP contribution in [0.5, 0.6) is 0 Å². The molecule has 66 valence electrons. The first-order chi connectivity index (χ1) is 5.27. The van der Waals surface area contributed by atoms with Crippen molar-refractivity contribution in [2.45, 2.75) is 13.1 Å². The van der Waals surface area contributed by atoms with Crippen molar-refractivity contribution < 1.29 is 0 Å². The van der Waals surface area contributed by atoms with Crippen LogP contribution in [-0.4, -0.2) is 56.2 Å². The molecule has 0 aromatic carbocycles. The van der Waals surface area contributed by atoms with Gasteiger partial charge in [-0.15, -0.1) is 0 Å². The lowest BCUT2D eigenvalue weighted by molar-refractivity contribution is 0.0846. The van der Waals surface area contributed by atoms with Crippen LogP contribution in [0.15, 0.2) is 0 Å². The molecule has 0 aromatic heterocycles. The van der Waals surface area contributed by atoms with Crippen molar-refractivity contribution in [3.05, 3.63) is 0 Å². The van der Waals surface area contributed by atoms with E-state index in [2.05, 4.69) is 29.1 Å². The van der Waals surface area contributed by atoms with E-state index >= 15 is 0 Å². The Morgan fingerprint density at radius 2 is 2.18 bits per heavy atom.